The van der Waals surface area contributed by atoms with Gasteiger partial charge in [-0.1, -0.05) is 11.6 Å². The fourth-order valence-electron chi connectivity index (χ4n) is 1.77. The van der Waals surface area contributed by atoms with Crippen molar-refractivity contribution in [2.45, 2.75) is 19.3 Å². The maximum absolute atomic E-state index is 12.8. The van der Waals surface area contributed by atoms with Gasteiger partial charge in [0.1, 0.15) is 11.6 Å². The van der Waals surface area contributed by atoms with E-state index in [9.17, 15) is 4.39 Å². The molecule has 1 fully saturated rings. The number of ether oxygens (including phenoxy) is 1. The first-order valence-electron chi connectivity index (χ1n) is 5.43. The van der Waals surface area contributed by atoms with Gasteiger partial charge in [-0.25, -0.2) is 4.39 Å². The molecule has 1 aromatic rings. The summed E-state index contributed by atoms with van der Waals surface area (Å²) in [6.07, 6.45) is 3.29. The summed E-state index contributed by atoms with van der Waals surface area (Å²) in [4.78, 5) is 0. The molecule has 0 aliphatic heterocycles. The predicted octanol–water partition coefficient (Wildman–Crippen LogP) is 2.99. The fourth-order valence-corrected chi connectivity index (χ4v) is 1.99. The van der Waals surface area contributed by atoms with Crippen molar-refractivity contribution in [2.24, 2.45) is 11.1 Å². The van der Waals surface area contributed by atoms with Crippen molar-refractivity contribution in [3.05, 3.63) is 29.0 Å². The zero-order valence-electron chi connectivity index (χ0n) is 9.01. The molecule has 1 aliphatic carbocycles. The van der Waals surface area contributed by atoms with Crippen molar-refractivity contribution < 1.29 is 9.13 Å². The normalized spacial score (nSPS) is 17.2. The summed E-state index contributed by atoms with van der Waals surface area (Å²) >= 11 is 5.87. The number of nitrogens with two attached hydrogens (primary N) is 1. The molecule has 0 spiro atoms. The van der Waals surface area contributed by atoms with Gasteiger partial charge < -0.3 is 10.5 Å². The van der Waals surface area contributed by atoms with Crippen LogP contribution >= 0.6 is 11.6 Å². The Kier molecular flexibility index (Phi) is 3.36. The van der Waals surface area contributed by atoms with Crippen LogP contribution in [0.4, 0.5) is 4.39 Å². The average Bonchev–Trinajstić information content (AvgIpc) is 2.98. The summed E-state index contributed by atoms with van der Waals surface area (Å²) in [5.41, 5.74) is 5.78. The summed E-state index contributed by atoms with van der Waals surface area (Å²) in [5.74, 6) is 0.201. The first-order chi connectivity index (χ1) is 7.65. The maximum Gasteiger partial charge on any atom is 0.138 e. The Balaban J connectivity index is 1.94. The van der Waals surface area contributed by atoms with Crippen LogP contribution in [-0.4, -0.2) is 13.2 Å². The van der Waals surface area contributed by atoms with E-state index in [1.807, 2.05) is 0 Å². The van der Waals surface area contributed by atoms with Gasteiger partial charge in [-0.15, -0.1) is 0 Å². The molecule has 1 aliphatic rings. The van der Waals surface area contributed by atoms with E-state index in [1.54, 1.807) is 6.07 Å². The smallest absolute Gasteiger partial charge is 0.138 e. The highest BCUT2D eigenvalue weighted by atomic mass is 35.5. The zero-order chi connectivity index (χ0) is 11.6. The first kappa shape index (κ1) is 11.7. The van der Waals surface area contributed by atoms with Gasteiger partial charge in [0, 0.05) is 5.41 Å². The summed E-state index contributed by atoms with van der Waals surface area (Å²) in [6.45, 7) is 1.30. The largest absolute Gasteiger partial charge is 0.491 e. The molecule has 88 valence electrons. The van der Waals surface area contributed by atoms with Crippen molar-refractivity contribution in [1.29, 1.82) is 0 Å². The molecule has 4 heteroatoms. The lowest BCUT2D eigenvalue weighted by Gasteiger charge is -2.15. The Labute approximate surface area is 99.5 Å². The van der Waals surface area contributed by atoms with Crippen molar-refractivity contribution in [1.82, 2.24) is 0 Å². The van der Waals surface area contributed by atoms with Gasteiger partial charge in [0.25, 0.3) is 0 Å². The van der Waals surface area contributed by atoms with Crippen LogP contribution in [0.15, 0.2) is 18.2 Å². The van der Waals surface area contributed by atoms with Crippen LogP contribution in [0.2, 0.25) is 5.02 Å². The topological polar surface area (TPSA) is 35.2 Å². The lowest BCUT2D eigenvalue weighted by atomic mass is 10.0. The molecule has 0 atom stereocenters. The van der Waals surface area contributed by atoms with Crippen molar-refractivity contribution >= 4 is 11.6 Å². The van der Waals surface area contributed by atoms with Gasteiger partial charge in [0.05, 0.1) is 11.6 Å². The van der Waals surface area contributed by atoms with Crippen LogP contribution < -0.4 is 10.5 Å². The van der Waals surface area contributed by atoms with E-state index in [0.717, 1.165) is 19.3 Å². The minimum Gasteiger partial charge on any atom is -0.491 e. The first-order valence-corrected chi connectivity index (χ1v) is 5.81. The maximum atomic E-state index is 12.8. The van der Waals surface area contributed by atoms with E-state index in [-0.39, 0.29) is 11.2 Å². The third kappa shape index (κ3) is 2.66. The highest BCUT2D eigenvalue weighted by Gasteiger charge is 2.42. The van der Waals surface area contributed by atoms with E-state index < -0.39 is 0 Å². The van der Waals surface area contributed by atoms with Crippen LogP contribution in [0.25, 0.3) is 0 Å². The van der Waals surface area contributed by atoms with Gasteiger partial charge in [0.2, 0.25) is 0 Å². The summed E-state index contributed by atoms with van der Waals surface area (Å²) in [6, 6.07) is 4.18. The Morgan fingerprint density at radius 1 is 1.44 bits per heavy atom. The standard InChI is InChI=1S/C12H15ClFNO/c13-10-7-9(14)1-2-11(10)16-8-12(3-4-12)5-6-15/h1-2,7H,3-6,8,15H2. The van der Waals surface area contributed by atoms with Crippen LogP contribution in [-0.2, 0) is 0 Å². The third-order valence-electron chi connectivity index (χ3n) is 3.06. The Morgan fingerprint density at radius 2 is 2.19 bits per heavy atom. The van der Waals surface area contributed by atoms with Crippen molar-refractivity contribution in [3.63, 3.8) is 0 Å². The molecule has 2 rings (SSSR count). The van der Waals surface area contributed by atoms with Gasteiger partial charge in [0.15, 0.2) is 0 Å². The lowest BCUT2D eigenvalue weighted by molar-refractivity contribution is 0.227. The van der Waals surface area contributed by atoms with Crippen LogP contribution in [0.1, 0.15) is 19.3 Å². The Hall–Kier alpha value is -0.800. The Bertz CT molecular complexity index is 379. The number of hydrogen-bond acceptors (Lipinski definition) is 2. The van der Waals surface area contributed by atoms with E-state index in [0.29, 0.717) is 23.9 Å². The lowest BCUT2D eigenvalue weighted by Crippen LogP contribution is -2.17. The van der Waals surface area contributed by atoms with Crippen LogP contribution in [0.3, 0.4) is 0 Å². The summed E-state index contributed by atoms with van der Waals surface area (Å²) in [5, 5.41) is 0.323. The molecule has 0 bridgehead atoms. The third-order valence-corrected chi connectivity index (χ3v) is 3.35. The highest BCUT2D eigenvalue weighted by molar-refractivity contribution is 6.32. The Morgan fingerprint density at radius 3 is 2.75 bits per heavy atom. The second-order valence-electron chi connectivity index (χ2n) is 4.40. The minimum absolute atomic E-state index is 0.243. The molecule has 0 heterocycles. The summed E-state index contributed by atoms with van der Waals surface area (Å²) in [7, 11) is 0. The predicted molar refractivity (Wildman–Crippen MR) is 62.2 cm³/mol. The number of hydrogen-bond donors (Lipinski definition) is 1. The van der Waals surface area contributed by atoms with Gasteiger partial charge >= 0.3 is 0 Å². The quantitative estimate of drug-likeness (QED) is 0.863. The molecule has 1 aromatic carbocycles. The molecule has 0 amide bonds. The van der Waals surface area contributed by atoms with E-state index in [1.165, 1.54) is 12.1 Å². The van der Waals surface area contributed by atoms with Gasteiger partial charge in [-0.3, -0.25) is 0 Å². The molecule has 1 saturated carbocycles. The van der Waals surface area contributed by atoms with Crippen molar-refractivity contribution in [3.8, 4) is 5.75 Å². The molecule has 16 heavy (non-hydrogen) atoms. The fraction of sp³-hybridized carbons (Fsp3) is 0.500. The second kappa shape index (κ2) is 4.60. The van der Waals surface area contributed by atoms with Gasteiger partial charge in [-0.2, -0.15) is 0 Å². The molecule has 0 saturated heterocycles. The van der Waals surface area contributed by atoms with Crippen LogP contribution in [0, 0.1) is 11.2 Å². The number of rotatable bonds is 5. The van der Waals surface area contributed by atoms with E-state index in [2.05, 4.69) is 0 Å². The summed E-state index contributed by atoms with van der Waals surface area (Å²) < 4.78 is 18.4. The number of halogens is 2. The van der Waals surface area contributed by atoms with Crippen molar-refractivity contribution in [2.75, 3.05) is 13.2 Å². The zero-order valence-corrected chi connectivity index (χ0v) is 9.77. The molecular formula is C12H15ClFNO. The highest BCUT2D eigenvalue weighted by Crippen LogP contribution is 2.48. The van der Waals surface area contributed by atoms with E-state index >= 15 is 0 Å². The number of benzene rings is 1. The van der Waals surface area contributed by atoms with Gasteiger partial charge in [-0.05, 0) is 44.0 Å². The van der Waals surface area contributed by atoms with Crippen LogP contribution in [0.5, 0.6) is 5.75 Å². The molecule has 0 aromatic heterocycles. The van der Waals surface area contributed by atoms with E-state index in [4.69, 9.17) is 22.1 Å². The molecule has 2 nitrogen and oxygen atoms in total. The average molecular weight is 244 g/mol. The molecule has 0 unspecified atom stereocenters. The molecule has 2 N–H and O–H groups in total. The minimum atomic E-state index is -0.347. The molecule has 0 radical (unpaired) electrons. The second-order valence-corrected chi connectivity index (χ2v) is 4.81. The SMILES string of the molecule is NCCC1(COc2ccc(F)cc2Cl)CC1. The monoisotopic (exact) mass is 243 g/mol. The molecular weight excluding hydrogens is 229 g/mol.